The molecular weight excluding hydrogens is 296 g/mol. The van der Waals surface area contributed by atoms with Crippen LogP contribution in [0.1, 0.15) is 21.6 Å². The largest absolute Gasteiger partial charge is 0.319 e. The highest BCUT2D eigenvalue weighted by atomic mass is 35.5. The van der Waals surface area contributed by atoms with Crippen LogP contribution in [-0.4, -0.2) is 20.5 Å². The number of benzene rings is 1. The van der Waals surface area contributed by atoms with Gasteiger partial charge >= 0.3 is 0 Å². The zero-order valence-electron chi connectivity index (χ0n) is 10.8. The maximum absolute atomic E-state index is 12.2. The predicted molar refractivity (Wildman–Crippen MR) is 79.7 cm³/mol. The molecule has 1 N–H and O–H groups in total. The van der Waals surface area contributed by atoms with Gasteiger partial charge in [-0.2, -0.15) is 5.10 Å². The third-order valence-corrected chi connectivity index (χ3v) is 3.88. The van der Waals surface area contributed by atoms with Crippen molar-refractivity contribution < 1.29 is 4.79 Å². The van der Waals surface area contributed by atoms with E-state index in [0.717, 1.165) is 11.1 Å². The highest BCUT2D eigenvalue weighted by Crippen LogP contribution is 2.27. The van der Waals surface area contributed by atoms with Crippen molar-refractivity contribution in [2.75, 3.05) is 5.32 Å². The maximum atomic E-state index is 12.2. The molecule has 2 heterocycles. The first-order valence-electron chi connectivity index (χ1n) is 5.91. The van der Waals surface area contributed by atoms with Gasteiger partial charge in [-0.05, 0) is 31.0 Å². The van der Waals surface area contributed by atoms with Gasteiger partial charge in [0.05, 0.1) is 16.9 Å². The summed E-state index contributed by atoms with van der Waals surface area (Å²) < 4.78 is 1.57. The summed E-state index contributed by atoms with van der Waals surface area (Å²) in [6.45, 7) is 3.86. The average Bonchev–Trinajstić information content (AvgIpc) is 2.93. The molecule has 0 bridgehead atoms. The summed E-state index contributed by atoms with van der Waals surface area (Å²) in [6.07, 6.45) is 1.60. The number of carbonyl (C=O) groups is 1. The Hall–Kier alpha value is -1.92. The Kier molecular flexibility index (Phi) is 3.19. The van der Waals surface area contributed by atoms with Gasteiger partial charge in [0.1, 0.15) is 11.2 Å². The number of nitrogens with zero attached hydrogens (tertiary/aromatic N) is 3. The second-order valence-electron chi connectivity index (χ2n) is 4.48. The molecule has 0 unspecified atom stereocenters. The molecule has 102 valence electrons. The first kappa shape index (κ1) is 13.1. The Morgan fingerprint density at radius 1 is 1.40 bits per heavy atom. The van der Waals surface area contributed by atoms with E-state index in [2.05, 4.69) is 15.4 Å². The van der Waals surface area contributed by atoms with Crippen molar-refractivity contribution in [1.82, 2.24) is 14.6 Å². The molecule has 7 heteroatoms. The third-order valence-electron chi connectivity index (χ3n) is 2.89. The van der Waals surface area contributed by atoms with E-state index in [0.29, 0.717) is 21.4 Å². The molecule has 0 fully saturated rings. The number of hydrogen-bond donors (Lipinski definition) is 1. The van der Waals surface area contributed by atoms with Gasteiger partial charge in [0, 0.05) is 0 Å². The van der Waals surface area contributed by atoms with Crippen molar-refractivity contribution in [3.05, 3.63) is 45.7 Å². The molecule has 3 rings (SSSR count). The molecule has 5 nitrogen and oxygen atoms in total. The van der Waals surface area contributed by atoms with Crippen LogP contribution in [0.15, 0.2) is 23.8 Å². The van der Waals surface area contributed by atoms with Crippen LogP contribution in [0.25, 0.3) is 4.96 Å². The minimum absolute atomic E-state index is 0.295. The molecule has 20 heavy (non-hydrogen) atoms. The Bertz CT molecular complexity index is 756. The first-order chi connectivity index (χ1) is 9.54. The van der Waals surface area contributed by atoms with E-state index >= 15 is 0 Å². The molecule has 0 saturated heterocycles. The molecule has 0 saturated carbocycles. The highest BCUT2D eigenvalue weighted by molar-refractivity contribution is 7.14. The SMILES string of the molecule is Cc1cc(C)c(NC(=O)c2cn3ncsc3n2)c(Cl)c1. The molecule has 1 aromatic carbocycles. The number of carbonyl (C=O) groups excluding carboxylic acids is 1. The van der Waals surface area contributed by atoms with Crippen LogP contribution < -0.4 is 5.32 Å². The van der Waals surface area contributed by atoms with Gasteiger partial charge in [0.25, 0.3) is 5.91 Å². The van der Waals surface area contributed by atoms with Crippen LogP contribution >= 0.6 is 22.9 Å². The van der Waals surface area contributed by atoms with E-state index in [-0.39, 0.29) is 5.91 Å². The molecule has 0 aliphatic heterocycles. The lowest BCUT2D eigenvalue weighted by Gasteiger charge is -2.10. The van der Waals surface area contributed by atoms with Crippen molar-refractivity contribution in [1.29, 1.82) is 0 Å². The normalized spacial score (nSPS) is 10.9. The molecular formula is C13H11ClN4OS. The molecule has 0 aliphatic carbocycles. The summed E-state index contributed by atoms with van der Waals surface area (Å²) in [7, 11) is 0. The number of halogens is 1. The Morgan fingerprint density at radius 2 is 2.20 bits per heavy atom. The number of anilines is 1. The summed E-state index contributed by atoms with van der Waals surface area (Å²) in [5.41, 5.74) is 4.58. The standard InChI is InChI=1S/C13H11ClN4OS/c1-7-3-8(2)11(9(14)4-7)17-12(19)10-5-18-13(16-10)20-6-15-18/h3-6H,1-2H3,(H,17,19). The third kappa shape index (κ3) is 2.28. The van der Waals surface area contributed by atoms with Crippen LogP contribution in [-0.2, 0) is 0 Å². The Labute approximate surface area is 124 Å². The second-order valence-corrected chi connectivity index (χ2v) is 5.70. The fourth-order valence-electron chi connectivity index (χ4n) is 2.00. The van der Waals surface area contributed by atoms with E-state index in [9.17, 15) is 4.79 Å². The van der Waals surface area contributed by atoms with Crippen LogP contribution in [0, 0.1) is 13.8 Å². The minimum atomic E-state index is -0.295. The van der Waals surface area contributed by atoms with Crippen LogP contribution in [0.5, 0.6) is 0 Å². The van der Waals surface area contributed by atoms with Gasteiger partial charge in [0.15, 0.2) is 0 Å². The van der Waals surface area contributed by atoms with E-state index in [4.69, 9.17) is 11.6 Å². The van der Waals surface area contributed by atoms with Gasteiger partial charge in [0.2, 0.25) is 4.96 Å². The molecule has 0 spiro atoms. The second kappa shape index (κ2) is 4.88. The van der Waals surface area contributed by atoms with Crippen molar-refractivity contribution in [3.8, 4) is 0 Å². The topological polar surface area (TPSA) is 59.3 Å². The lowest BCUT2D eigenvalue weighted by atomic mass is 10.1. The lowest BCUT2D eigenvalue weighted by Crippen LogP contribution is -2.13. The fraction of sp³-hybridized carbons (Fsp3) is 0.154. The van der Waals surface area contributed by atoms with Crippen molar-refractivity contribution in [3.63, 3.8) is 0 Å². The summed E-state index contributed by atoms with van der Waals surface area (Å²) in [6, 6.07) is 3.78. The smallest absolute Gasteiger partial charge is 0.276 e. The predicted octanol–water partition coefficient (Wildman–Crippen LogP) is 3.31. The molecule has 1 amide bonds. The van der Waals surface area contributed by atoms with E-state index in [1.54, 1.807) is 16.2 Å². The van der Waals surface area contributed by atoms with Crippen LogP contribution in [0.2, 0.25) is 5.02 Å². The molecule has 0 aliphatic rings. The lowest BCUT2D eigenvalue weighted by molar-refractivity contribution is 0.102. The number of rotatable bonds is 2. The number of imidazole rings is 1. The van der Waals surface area contributed by atoms with Crippen molar-refractivity contribution in [2.24, 2.45) is 0 Å². The minimum Gasteiger partial charge on any atom is -0.319 e. The zero-order chi connectivity index (χ0) is 14.3. The molecule has 2 aromatic heterocycles. The van der Waals surface area contributed by atoms with Crippen molar-refractivity contribution >= 4 is 39.5 Å². The quantitative estimate of drug-likeness (QED) is 0.790. The number of amides is 1. The van der Waals surface area contributed by atoms with Crippen LogP contribution in [0.4, 0.5) is 5.69 Å². The van der Waals surface area contributed by atoms with E-state index in [1.807, 2.05) is 26.0 Å². The number of aromatic nitrogens is 3. The average molecular weight is 307 g/mol. The highest BCUT2D eigenvalue weighted by Gasteiger charge is 2.15. The number of hydrogen-bond acceptors (Lipinski definition) is 4. The number of nitrogens with one attached hydrogen (secondary N) is 1. The molecule has 0 atom stereocenters. The summed E-state index contributed by atoms with van der Waals surface area (Å²) in [5.74, 6) is -0.295. The Balaban J connectivity index is 1.91. The summed E-state index contributed by atoms with van der Waals surface area (Å²) in [5, 5.41) is 7.37. The van der Waals surface area contributed by atoms with Gasteiger partial charge < -0.3 is 5.32 Å². The van der Waals surface area contributed by atoms with E-state index in [1.165, 1.54) is 11.3 Å². The zero-order valence-corrected chi connectivity index (χ0v) is 12.4. The van der Waals surface area contributed by atoms with Gasteiger partial charge in [-0.15, -0.1) is 0 Å². The Morgan fingerprint density at radius 3 is 2.90 bits per heavy atom. The summed E-state index contributed by atoms with van der Waals surface area (Å²) in [4.78, 5) is 17.1. The summed E-state index contributed by atoms with van der Waals surface area (Å²) >= 11 is 7.55. The number of fused-ring (bicyclic) bond motifs is 1. The first-order valence-corrected chi connectivity index (χ1v) is 7.17. The van der Waals surface area contributed by atoms with Crippen molar-refractivity contribution in [2.45, 2.75) is 13.8 Å². The van der Waals surface area contributed by atoms with E-state index < -0.39 is 0 Å². The molecule has 3 aromatic rings. The maximum Gasteiger partial charge on any atom is 0.276 e. The number of aryl methyl sites for hydroxylation is 2. The monoisotopic (exact) mass is 306 g/mol. The van der Waals surface area contributed by atoms with Gasteiger partial charge in [-0.3, -0.25) is 4.79 Å². The molecule has 0 radical (unpaired) electrons. The van der Waals surface area contributed by atoms with Crippen LogP contribution in [0.3, 0.4) is 0 Å². The van der Waals surface area contributed by atoms with Gasteiger partial charge in [-0.1, -0.05) is 29.0 Å². The van der Waals surface area contributed by atoms with Gasteiger partial charge in [-0.25, -0.2) is 9.50 Å². The fourth-order valence-corrected chi connectivity index (χ4v) is 2.97.